The molecule has 0 bridgehead atoms. The summed E-state index contributed by atoms with van der Waals surface area (Å²) in [5.74, 6) is -3.48. The van der Waals surface area contributed by atoms with Crippen molar-refractivity contribution in [2.75, 3.05) is 6.61 Å². The Balaban J connectivity index is 2.05. The Morgan fingerprint density at radius 1 is 1.05 bits per heavy atom. The van der Waals surface area contributed by atoms with E-state index < -0.39 is 29.8 Å². The standard InChI is InChI=1S/C15H8F3NO2/c16-12-4-2-9(5-14(12)18)15(20)8-21-11-3-1-10(7-19)13(17)6-11/h1-6H,8H2. The summed E-state index contributed by atoms with van der Waals surface area (Å²) in [6.07, 6.45) is 0. The highest BCUT2D eigenvalue weighted by Crippen LogP contribution is 2.16. The first-order valence-corrected chi connectivity index (χ1v) is 5.82. The van der Waals surface area contributed by atoms with Crippen molar-refractivity contribution in [3.05, 3.63) is 65.0 Å². The van der Waals surface area contributed by atoms with E-state index >= 15 is 0 Å². The summed E-state index contributed by atoms with van der Waals surface area (Å²) >= 11 is 0. The van der Waals surface area contributed by atoms with E-state index in [1.54, 1.807) is 6.07 Å². The quantitative estimate of drug-likeness (QED) is 0.813. The Hall–Kier alpha value is -2.81. The maximum absolute atomic E-state index is 13.3. The molecule has 0 saturated heterocycles. The first kappa shape index (κ1) is 14.6. The number of carbonyl (C=O) groups is 1. The number of halogens is 3. The molecule has 0 saturated carbocycles. The SMILES string of the molecule is N#Cc1ccc(OCC(=O)c2ccc(F)c(F)c2)cc1F. The number of ether oxygens (including phenoxy) is 1. The van der Waals surface area contributed by atoms with Gasteiger partial charge in [-0.25, -0.2) is 13.2 Å². The molecular formula is C15H8F3NO2. The first-order chi connectivity index (χ1) is 10.0. The van der Waals surface area contributed by atoms with Crippen LogP contribution in [0.2, 0.25) is 0 Å². The number of Topliss-reactive ketones (excluding diaryl/α,β-unsaturated/α-hetero) is 1. The molecule has 0 atom stereocenters. The van der Waals surface area contributed by atoms with Gasteiger partial charge in [0.1, 0.15) is 17.6 Å². The average Bonchev–Trinajstić information content (AvgIpc) is 2.47. The lowest BCUT2D eigenvalue weighted by Crippen LogP contribution is -2.12. The van der Waals surface area contributed by atoms with Crippen LogP contribution in [0.15, 0.2) is 36.4 Å². The van der Waals surface area contributed by atoms with Gasteiger partial charge in [-0.2, -0.15) is 5.26 Å². The highest BCUT2D eigenvalue weighted by Gasteiger charge is 2.11. The van der Waals surface area contributed by atoms with Crippen molar-refractivity contribution >= 4 is 5.78 Å². The summed E-state index contributed by atoms with van der Waals surface area (Å²) in [5.41, 5.74) is -0.197. The first-order valence-electron chi connectivity index (χ1n) is 5.82. The maximum Gasteiger partial charge on any atom is 0.200 e. The van der Waals surface area contributed by atoms with Crippen molar-refractivity contribution in [3.8, 4) is 11.8 Å². The van der Waals surface area contributed by atoms with E-state index in [4.69, 9.17) is 10.00 Å². The van der Waals surface area contributed by atoms with Crippen molar-refractivity contribution in [1.29, 1.82) is 5.26 Å². The van der Waals surface area contributed by atoms with Crippen molar-refractivity contribution in [1.82, 2.24) is 0 Å². The van der Waals surface area contributed by atoms with Crippen molar-refractivity contribution in [2.45, 2.75) is 0 Å². The molecule has 2 rings (SSSR count). The molecule has 0 amide bonds. The number of nitrogens with zero attached hydrogens (tertiary/aromatic N) is 1. The molecule has 21 heavy (non-hydrogen) atoms. The highest BCUT2D eigenvalue weighted by atomic mass is 19.2. The molecular weight excluding hydrogens is 283 g/mol. The zero-order chi connectivity index (χ0) is 15.4. The predicted octanol–water partition coefficient (Wildman–Crippen LogP) is 3.24. The van der Waals surface area contributed by atoms with Crippen LogP contribution in [0.25, 0.3) is 0 Å². The molecule has 0 heterocycles. The normalized spacial score (nSPS) is 10.0. The van der Waals surface area contributed by atoms with Gasteiger partial charge in [-0.1, -0.05) is 0 Å². The van der Waals surface area contributed by atoms with E-state index in [9.17, 15) is 18.0 Å². The largest absolute Gasteiger partial charge is 0.485 e. The second kappa shape index (κ2) is 6.09. The molecule has 0 radical (unpaired) electrons. The lowest BCUT2D eigenvalue weighted by Gasteiger charge is -2.06. The topological polar surface area (TPSA) is 50.1 Å². The van der Waals surface area contributed by atoms with Crippen molar-refractivity contribution < 1.29 is 22.7 Å². The van der Waals surface area contributed by atoms with Crippen LogP contribution in [0, 0.1) is 28.8 Å². The average molecular weight is 291 g/mol. The van der Waals surface area contributed by atoms with Gasteiger partial charge >= 0.3 is 0 Å². The summed E-state index contributed by atoms with van der Waals surface area (Å²) in [5, 5.41) is 8.57. The van der Waals surface area contributed by atoms with Gasteiger partial charge in [-0.05, 0) is 30.3 Å². The van der Waals surface area contributed by atoms with E-state index in [1.807, 2.05) is 0 Å². The number of carbonyl (C=O) groups excluding carboxylic acids is 1. The van der Waals surface area contributed by atoms with Gasteiger partial charge in [0.15, 0.2) is 24.0 Å². The molecule has 0 aliphatic heterocycles. The second-order valence-corrected chi connectivity index (χ2v) is 4.09. The Kier molecular flexibility index (Phi) is 4.24. The number of hydrogen-bond donors (Lipinski definition) is 0. The molecule has 0 aliphatic carbocycles. The third-order valence-electron chi connectivity index (χ3n) is 2.67. The predicted molar refractivity (Wildman–Crippen MR) is 67.3 cm³/mol. The van der Waals surface area contributed by atoms with Crippen LogP contribution in [0.5, 0.6) is 5.75 Å². The smallest absolute Gasteiger partial charge is 0.200 e. The van der Waals surface area contributed by atoms with E-state index in [-0.39, 0.29) is 16.9 Å². The third-order valence-corrected chi connectivity index (χ3v) is 2.67. The fourth-order valence-corrected chi connectivity index (χ4v) is 1.58. The maximum atomic E-state index is 13.3. The monoisotopic (exact) mass is 291 g/mol. The Labute approximate surface area is 118 Å². The molecule has 106 valence electrons. The number of ketones is 1. The molecule has 0 fully saturated rings. The van der Waals surface area contributed by atoms with Gasteiger partial charge in [0, 0.05) is 11.6 Å². The molecule has 0 N–H and O–H groups in total. The van der Waals surface area contributed by atoms with Crippen LogP contribution >= 0.6 is 0 Å². The summed E-state index contributed by atoms with van der Waals surface area (Å²) in [6, 6.07) is 7.90. The van der Waals surface area contributed by atoms with Gasteiger partial charge in [-0.15, -0.1) is 0 Å². The molecule has 0 aliphatic rings. The molecule has 3 nitrogen and oxygen atoms in total. The van der Waals surface area contributed by atoms with Crippen LogP contribution in [-0.4, -0.2) is 12.4 Å². The van der Waals surface area contributed by atoms with Gasteiger partial charge in [0.05, 0.1) is 5.56 Å². The highest BCUT2D eigenvalue weighted by molar-refractivity contribution is 5.97. The van der Waals surface area contributed by atoms with Crippen LogP contribution in [0.3, 0.4) is 0 Å². The summed E-state index contributed by atoms with van der Waals surface area (Å²) < 4.78 is 44.1. The number of hydrogen-bond acceptors (Lipinski definition) is 3. The van der Waals surface area contributed by atoms with Gasteiger partial charge in [-0.3, -0.25) is 4.79 Å². The lowest BCUT2D eigenvalue weighted by atomic mass is 10.1. The second-order valence-electron chi connectivity index (χ2n) is 4.09. The number of nitriles is 1. The van der Waals surface area contributed by atoms with Crippen LogP contribution in [0.4, 0.5) is 13.2 Å². The van der Waals surface area contributed by atoms with Crippen molar-refractivity contribution in [2.24, 2.45) is 0 Å². The van der Waals surface area contributed by atoms with Crippen molar-refractivity contribution in [3.63, 3.8) is 0 Å². The van der Waals surface area contributed by atoms with Gasteiger partial charge in [0.2, 0.25) is 0 Å². The van der Waals surface area contributed by atoms with E-state index in [0.717, 1.165) is 24.3 Å². The van der Waals surface area contributed by atoms with E-state index in [1.165, 1.54) is 12.1 Å². The molecule has 0 unspecified atom stereocenters. The van der Waals surface area contributed by atoms with Gasteiger partial charge in [0.25, 0.3) is 0 Å². The lowest BCUT2D eigenvalue weighted by molar-refractivity contribution is 0.0920. The molecule has 0 aromatic heterocycles. The minimum absolute atomic E-state index is 0.0528. The van der Waals surface area contributed by atoms with Gasteiger partial charge < -0.3 is 4.74 Å². The Bertz CT molecular complexity index is 738. The van der Waals surface area contributed by atoms with E-state index in [2.05, 4.69) is 0 Å². The molecule has 6 heteroatoms. The van der Waals surface area contributed by atoms with Crippen LogP contribution in [0.1, 0.15) is 15.9 Å². The van der Waals surface area contributed by atoms with Crippen LogP contribution < -0.4 is 4.74 Å². The number of rotatable bonds is 4. The van der Waals surface area contributed by atoms with E-state index in [0.29, 0.717) is 0 Å². The zero-order valence-corrected chi connectivity index (χ0v) is 10.6. The van der Waals surface area contributed by atoms with Crippen LogP contribution in [-0.2, 0) is 0 Å². The minimum atomic E-state index is -1.13. The fraction of sp³-hybridized carbons (Fsp3) is 0.0667. The Morgan fingerprint density at radius 2 is 1.81 bits per heavy atom. The minimum Gasteiger partial charge on any atom is -0.485 e. The summed E-state index contributed by atoms with van der Waals surface area (Å²) in [7, 11) is 0. The fourth-order valence-electron chi connectivity index (χ4n) is 1.58. The summed E-state index contributed by atoms with van der Waals surface area (Å²) in [4.78, 5) is 11.7. The molecule has 2 aromatic carbocycles. The molecule has 0 spiro atoms. The number of benzene rings is 2. The third kappa shape index (κ3) is 3.39. The molecule has 2 aromatic rings. The zero-order valence-electron chi connectivity index (χ0n) is 10.6. The summed E-state index contributed by atoms with van der Waals surface area (Å²) in [6.45, 7) is -0.462. The Morgan fingerprint density at radius 3 is 2.43 bits per heavy atom.